The second kappa shape index (κ2) is 13.2. The molecule has 47 heavy (non-hydrogen) atoms. The zero-order valence-corrected chi connectivity index (χ0v) is 27.5. The molecule has 0 spiro atoms. The molecule has 1 aromatic heterocycles. The number of halogens is 1. The number of ether oxygens (including phenoxy) is 1. The number of nitrogens with zero attached hydrogens (tertiary/aromatic N) is 5. The van der Waals surface area contributed by atoms with Crippen molar-refractivity contribution in [1.82, 2.24) is 24.3 Å². The number of esters is 1. The molecule has 3 aliphatic rings. The smallest absolute Gasteiger partial charge is 0.330 e. The molecule has 3 aliphatic heterocycles. The number of hydrogen-bond acceptors (Lipinski definition) is 9. The van der Waals surface area contributed by atoms with E-state index >= 15 is 0 Å². The van der Waals surface area contributed by atoms with Gasteiger partial charge in [0.15, 0.2) is 15.7 Å². The monoisotopic (exact) mass is 685 g/mol. The molecule has 2 aromatic carbocycles. The predicted molar refractivity (Wildman–Crippen MR) is 170 cm³/mol. The van der Waals surface area contributed by atoms with Gasteiger partial charge < -0.3 is 24.5 Å². The first-order valence-corrected chi connectivity index (χ1v) is 17.6. The summed E-state index contributed by atoms with van der Waals surface area (Å²) in [6.07, 6.45) is 1.81. The van der Waals surface area contributed by atoms with Gasteiger partial charge in [-0.3, -0.25) is 14.4 Å². The molecule has 3 aromatic rings. The van der Waals surface area contributed by atoms with Crippen LogP contribution in [0.2, 0.25) is 5.02 Å². The van der Waals surface area contributed by atoms with E-state index in [1.54, 1.807) is 40.3 Å². The molecule has 13 nitrogen and oxygen atoms in total. The Morgan fingerprint density at radius 2 is 1.66 bits per heavy atom. The van der Waals surface area contributed by atoms with Crippen LogP contribution in [0.15, 0.2) is 47.5 Å². The Bertz CT molecular complexity index is 1830. The van der Waals surface area contributed by atoms with Gasteiger partial charge in [-0.1, -0.05) is 23.7 Å². The number of fused-ring (bicyclic) bond motifs is 2. The summed E-state index contributed by atoms with van der Waals surface area (Å²) in [5.41, 5.74) is 0.673. The fraction of sp³-hybridized carbons (Fsp3) is 0.469. The summed E-state index contributed by atoms with van der Waals surface area (Å²) in [6, 6.07) is 9.20. The fourth-order valence-electron chi connectivity index (χ4n) is 6.59. The quantitative estimate of drug-likeness (QED) is 0.352. The predicted octanol–water partition coefficient (Wildman–Crippen LogP) is 2.60. The van der Waals surface area contributed by atoms with Crippen molar-refractivity contribution in [2.75, 3.05) is 31.9 Å². The standard InChI is InChI=1S/C32H36ClN5O8S/c1-20(39)35-10-6-21(7-11-35)31(42)46-18-29-34-16-26-17-37(32(43)38(26)29)25-8-12-36(13-9-25)30(41)28(40)19-47(44,45)27-5-3-22-14-24(33)4-2-23(22)15-27/h2-5,14-16,21,25,28,40H,6-13,17-19H2,1H3/t28-/m1/s1. The van der Waals surface area contributed by atoms with Gasteiger partial charge >= 0.3 is 12.0 Å². The van der Waals surface area contributed by atoms with Gasteiger partial charge in [0.1, 0.15) is 12.7 Å². The molecular weight excluding hydrogens is 650 g/mol. The maximum absolute atomic E-state index is 13.4. The highest BCUT2D eigenvalue weighted by atomic mass is 35.5. The Morgan fingerprint density at radius 1 is 1.00 bits per heavy atom. The number of piperidine rings is 2. The van der Waals surface area contributed by atoms with E-state index in [0.717, 1.165) is 5.39 Å². The lowest BCUT2D eigenvalue weighted by Crippen LogP contribution is -2.50. The van der Waals surface area contributed by atoms with Crippen molar-refractivity contribution in [1.29, 1.82) is 0 Å². The molecule has 6 rings (SSSR count). The van der Waals surface area contributed by atoms with Crippen LogP contribution in [0.25, 0.3) is 10.8 Å². The average Bonchev–Trinajstić information content (AvgIpc) is 3.62. The van der Waals surface area contributed by atoms with Gasteiger partial charge in [-0.05, 0) is 60.7 Å². The van der Waals surface area contributed by atoms with E-state index in [4.69, 9.17) is 16.3 Å². The highest BCUT2D eigenvalue weighted by molar-refractivity contribution is 7.91. The number of amides is 3. The Morgan fingerprint density at radius 3 is 2.36 bits per heavy atom. The van der Waals surface area contributed by atoms with E-state index in [9.17, 15) is 32.7 Å². The number of imidazole rings is 1. The SMILES string of the molecule is CC(=O)N1CCC(C(=O)OCc2ncc3n2C(=O)N(C2CCN(C(=O)[C@H](O)CS(=O)(=O)c4ccc5cc(Cl)ccc5c4)CC2)C3)CC1. The van der Waals surface area contributed by atoms with Crippen LogP contribution >= 0.6 is 11.6 Å². The minimum Gasteiger partial charge on any atom is -0.457 e. The lowest BCUT2D eigenvalue weighted by molar-refractivity contribution is -0.153. The Balaban J connectivity index is 0.999. The molecule has 15 heteroatoms. The molecule has 0 unspecified atom stereocenters. The number of hydrogen-bond donors (Lipinski definition) is 1. The molecule has 1 N–H and O–H groups in total. The molecule has 1 atom stereocenters. The molecular formula is C32H36ClN5O8S. The van der Waals surface area contributed by atoms with Crippen LogP contribution in [-0.2, 0) is 42.1 Å². The van der Waals surface area contributed by atoms with Crippen LogP contribution < -0.4 is 0 Å². The molecule has 2 saturated heterocycles. The summed E-state index contributed by atoms with van der Waals surface area (Å²) in [4.78, 5) is 59.8. The number of benzene rings is 2. The van der Waals surface area contributed by atoms with E-state index in [2.05, 4.69) is 4.98 Å². The average molecular weight is 686 g/mol. The zero-order valence-electron chi connectivity index (χ0n) is 25.9. The summed E-state index contributed by atoms with van der Waals surface area (Å²) in [7, 11) is -3.96. The maximum Gasteiger partial charge on any atom is 0.330 e. The zero-order chi connectivity index (χ0) is 33.5. The summed E-state index contributed by atoms with van der Waals surface area (Å²) < 4.78 is 33.1. The van der Waals surface area contributed by atoms with Crippen molar-refractivity contribution in [2.45, 2.75) is 62.8 Å². The second-order valence-corrected chi connectivity index (χ2v) is 14.8. The Kier molecular flexibility index (Phi) is 9.27. The third kappa shape index (κ3) is 6.85. The van der Waals surface area contributed by atoms with Crippen molar-refractivity contribution in [2.24, 2.45) is 5.92 Å². The van der Waals surface area contributed by atoms with Crippen molar-refractivity contribution < 1.29 is 37.4 Å². The molecule has 0 bridgehead atoms. The van der Waals surface area contributed by atoms with Crippen LogP contribution in [-0.4, -0.2) is 106 Å². The van der Waals surface area contributed by atoms with Gasteiger partial charge in [-0.2, -0.15) is 0 Å². The first-order valence-electron chi connectivity index (χ1n) is 15.6. The number of carbonyl (C=O) groups is 4. The molecule has 0 aliphatic carbocycles. The number of aromatic nitrogens is 2. The van der Waals surface area contributed by atoms with Crippen LogP contribution in [0.4, 0.5) is 4.79 Å². The number of rotatable bonds is 8. The number of carbonyl (C=O) groups excluding carboxylic acids is 4. The third-order valence-corrected chi connectivity index (χ3v) is 11.3. The molecule has 0 saturated carbocycles. The van der Waals surface area contributed by atoms with Gasteiger partial charge in [0, 0.05) is 44.2 Å². The molecule has 2 fully saturated rings. The first kappa shape index (κ1) is 32.9. The van der Waals surface area contributed by atoms with Gasteiger partial charge in [0.25, 0.3) is 5.91 Å². The molecule has 3 amide bonds. The summed E-state index contributed by atoms with van der Waals surface area (Å²) in [6.45, 7) is 3.19. The second-order valence-electron chi connectivity index (χ2n) is 12.3. The fourth-order valence-corrected chi connectivity index (χ4v) is 8.10. The number of aliphatic hydroxyl groups is 1. The van der Waals surface area contributed by atoms with Gasteiger partial charge in [0.05, 0.1) is 35.0 Å². The van der Waals surface area contributed by atoms with Gasteiger partial charge in [-0.25, -0.2) is 22.8 Å². The number of aliphatic hydroxyl groups excluding tert-OH is 1. The summed E-state index contributed by atoms with van der Waals surface area (Å²) in [5, 5.41) is 12.6. The number of sulfone groups is 1. The van der Waals surface area contributed by atoms with E-state index in [1.165, 1.54) is 28.5 Å². The maximum atomic E-state index is 13.4. The highest BCUT2D eigenvalue weighted by Gasteiger charge is 2.38. The minimum absolute atomic E-state index is 0.00736. The van der Waals surface area contributed by atoms with E-state index in [0.29, 0.717) is 67.2 Å². The van der Waals surface area contributed by atoms with Gasteiger partial charge in [-0.15, -0.1) is 0 Å². The molecule has 0 radical (unpaired) electrons. The lowest BCUT2D eigenvalue weighted by Gasteiger charge is -2.37. The highest BCUT2D eigenvalue weighted by Crippen LogP contribution is 2.28. The largest absolute Gasteiger partial charge is 0.457 e. The van der Waals surface area contributed by atoms with Crippen molar-refractivity contribution in [3.05, 3.63) is 59.1 Å². The minimum atomic E-state index is -3.96. The Hall–Kier alpha value is -4.01. The van der Waals surface area contributed by atoms with Crippen LogP contribution in [0.1, 0.15) is 44.1 Å². The first-order chi connectivity index (χ1) is 22.4. The van der Waals surface area contributed by atoms with Crippen molar-refractivity contribution >= 4 is 56.0 Å². The lowest BCUT2D eigenvalue weighted by atomic mass is 9.97. The van der Waals surface area contributed by atoms with Crippen LogP contribution in [0.5, 0.6) is 0 Å². The van der Waals surface area contributed by atoms with E-state index in [1.807, 2.05) is 0 Å². The topological polar surface area (TPSA) is 159 Å². The third-order valence-electron chi connectivity index (χ3n) is 9.31. The number of likely N-dealkylation sites (tertiary alicyclic amines) is 2. The normalized spacial score (nSPS) is 18.4. The summed E-state index contributed by atoms with van der Waals surface area (Å²) >= 11 is 6.02. The van der Waals surface area contributed by atoms with Crippen LogP contribution in [0.3, 0.4) is 0 Å². The van der Waals surface area contributed by atoms with Gasteiger partial charge in [0.2, 0.25) is 5.91 Å². The molecule has 4 heterocycles. The Labute approximate surface area is 276 Å². The van der Waals surface area contributed by atoms with E-state index in [-0.39, 0.29) is 54.5 Å². The van der Waals surface area contributed by atoms with Crippen LogP contribution in [0, 0.1) is 5.92 Å². The summed E-state index contributed by atoms with van der Waals surface area (Å²) in [5.74, 6) is -1.78. The van der Waals surface area contributed by atoms with E-state index < -0.39 is 27.6 Å². The van der Waals surface area contributed by atoms with Crippen molar-refractivity contribution in [3.63, 3.8) is 0 Å². The molecule has 250 valence electrons. The van der Waals surface area contributed by atoms with Crippen molar-refractivity contribution in [3.8, 4) is 0 Å².